The van der Waals surface area contributed by atoms with Gasteiger partial charge in [0.15, 0.2) is 6.10 Å². The molecule has 464 valence electrons. The summed E-state index contributed by atoms with van der Waals surface area (Å²) in [6, 6.07) is 0. The summed E-state index contributed by atoms with van der Waals surface area (Å²) >= 11 is 0. The van der Waals surface area contributed by atoms with Gasteiger partial charge < -0.3 is 14.2 Å². The first-order valence-corrected chi connectivity index (χ1v) is 33.8. The van der Waals surface area contributed by atoms with Gasteiger partial charge in [-0.3, -0.25) is 14.4 Å². The molecule has 0 aromatic carbocycles. The van der Waals surface area contributed by atoms with Crippen molar-refractivity contribution < 1.29 is 28.6 Å². The maximum atomic E-state index is 12.9. The molecule has 0 heterocycles. The van der Waals surface area contributed by atoms with Gasteiger partial charge in [-0.1, -0.05) is 314 Å². The minimum atomic E-state index is -0.815. The fourth-order valence-electron chi connectivity index (χ4n) is 9.12. The Kier molecular flexibility index (Phi) is 64.8. The Morgan fingerprint density at radius 1 is 0.256 bits per heavy atom. The van der Waals surface area contributed by atoms with E-state index in [2.05, 4.69) is 161 Å². The highest BCUT2D eigenvalue weighted by Crippen LogP contribution is 2.16. The van der Waals surface area contributed by atoms with Gasteiger partial charge in [-0.2, -0.15) is 0 Å². The molecule has 0 aromatic rings. The molecule has 0 aliphatic carbocycles. The number of hydrogen-bond donors (Lipinski definition) is 0. The van der Waals surface area contributed by atoms with E-state index in [1.54, 1.807) is 0 Å². The van der Waals surface area contributed by atoms with E-state index in [-0.39, 0.29) is 37.5 Å². The Labute approximate surface area is 506 Å². The molecule has 0 rings (SSSR count). The van der Waals surface area contributed by atoms with E-state index in [1.165, 1.54) is 128 Å². The summed E-state index contributed by atoms with van der Waals surface area (Å²) in [4.78, 5) is 38.3. The molecule has 0 amide bonds. The first kappa shape index (κ1) is 77.3. The molecule has 0 aliphatic rings. The van der Waals surface area contributed by atoms with Crippen LogP contribution in [0.25, 0.3) is 0 Å². The Hall–Kier alpha value is -4.71. The van der Waals surface area contributed by atoms with Crippen molar-refractivity contribution in [2.24, 2.45) is 0 Å². The van der Waals surface area contributed by atoms with Crippen LogP contribution >= 0.6 is 0 Å². The molecule has 0 fully saturated rings. The molecule has 0 radical (unpaired) electrons. The molecule has 0 saturated carbocycles. The molecule has 0 aliphatic heterocycles. The summed E-state index contributed by atoms with van der Waals surface area (Å²) in [5.41, 5.74) is 0. The highest BCUT2D eigenvalue weighted by atomic mass is 16.6. The third-order valence-corrected chi connectivity index (χ3v) is 14.1. The quantitative estimate of drug-likeness (QED) is 0.0261. The zero-order valence-corrected chi connectivity index (χ0v) is 53.2. The third kappa shape index (κ3) is 66.1. The molecule has 82 heavy (non-hydrogen) atoms. The van der Waals surface area contributed by atoms with Gasteiger partial charge in [0.2, 0.25) is 0 Å². The summed E-state index contributed by atoms with van der Waals surface area (Å²) in [7, 11) is 0. The molecule has 0 saturated heterocycles. The van der Waals surface area contributed by atoms with Crippen LogP contribution in [0.2, 0.25) is 0 Å². The van der Waals surface area contributed by atoms with Crippen LogP contribution in [-0.2, 0) is 28.6 Å². The Morgan fingerprint density at radius 2 is 0.500 bits per heavy atom. The Balaban J connectivity index is 4.32. The molecular weight excluding hydrogens is 1010 g/mol. The van der Waals surface area contributed by atoms with Crippen molar-refractivity contribution >= 4 is 17.9 Å². The number of carbonyl (C=O) groups excluding carboxylic acids is 3. The Morgan fingerprint density at radius 3 is 0.817 bits per heavy atom. The monoisotopic (exact) mass is 1130 g/mol. The second kappa shape index (κ2) is 68.8. The van der Waals surface area contributed by atoms with E-state index in [0.717, 1.165) is 122 Å². The SMILES string of the molecule is CC/C=C\C/C=C\C/C=C\C/C=C\C/C=C\C/C=C\C/C=C\C/C=C\CCCCCCCCCCC(=O)OCC(COC(=O)CC/C=C\C/C=C\C/C=C\C/C=C\CC)OC(=O)CCCCCCCCCCCCCCCCCCCC. The second-order valence-corrected chi connectivity index (χ2v) is 22.0. The van der Waals surface area contributed by atoms with Crippen molar-refractivity contribution in [2.45, 2.75) is 303 Å². The molecule has 6 heteroatoms. The predicted molar refractivity (Wildman–Crippen MR) is 357 cm³/mol. The highest BCUT2D eigenvalue weighted by molar-refractivity contribution is 5.71. The summed E-state index contributed by atoms with van der Waals surface area (Å²) < 4.78 is 16.9. The van der Waals surface area contributed by atoms with E-state index in [1.807, 2.05) is 6.08 Å². The minimum absolute atomic E-state index is 0.106. The zero-order valence-electron chi connectivity index (χ0n) is 53.2. The average Bonchev–Trinajstić information content (AvgIpc) is 3.47. The molecule has 0 aromatic heterocycles. The summed E-state index contributed by atoms with van der Waals surface area (Å²) in [5.74, 6) is -0.993. The van der Waals surface area contributed by atoms with E-state index in [0.29, 0.717) is 19.3 Å². The molecule has 0 spiro atoms. The lowest BCUT2D eigenvalue weighted by Gasteiger charge is -2.18. The average molecular weight is 1130 g/mol. The molecule has 1 atom stereocenters. The van der Waals surface area contributed by atoms with Crippen molar-refractivity contribution in [3.8, 4) is 0 Å². The van der Waals surface area contributed by atoms with Crippen molar-refractivity contribution in [3.63, 3.8) is 0 Å². The number of hydrogen-bond acceptors (Lipinski definition) is 6. The van der Waals surface area contributed by atoms with Crippen LogP contribution in [0.4, 0.5) is 0 Å². The highest BCUT2D eigenvalue weighted by Gasteiger charge is 2.19. The normalized spacial score (nSPS) is 13.1. The van der Waals surface area contributed by atoms with Crippen molar-refractivity contribution in [3.05, 3.63) is 146 Å². The lowest BCUT2D eigenvalue weighted by Crippen LogP contribution is -2.30. The van der Waals surface area contributed by atoms with Gasteiger partial charge in [0.25, 0.3) is 0 Å². The minimum Gasteiger partial charge on any atom is -0.462 e. The largest absolute Gasteiger partial charge is 0.462 e. The summed E-state index contributed by atoms with van der Waals surface area (Å²) in [6.45, 7) is 6.36. The second-order valence-electron chi connectivity index (χ2n) is 22.0. The fraction of sp³-hybridized carbons (Fsp3) is 0.645. The van der Waals surface area contributed by atoms with Crippen LogP contribution in [0, 0.1) is 0 Å². The van der Waals surface area contributed by atoms with Crippen LogP contribution in [0.15, 0.2) is 146 Å². The standard InChI is InChI=1S/C76H124O6/c1-4-7-10-13-16-19-22-25-27-29-31-32-33-34-35-36-37-38-39-40-41-42-43-44-45-47-48-51-54-57-60-63-66-69-75(78)81-72-73(71-80-74(77)68-65-62-59-56-53-50-24-21-18-15-12-9-6-3)82-76(79)70-67-64-61-58-55-52-49-46-30-28-26-23-20-17-14-11-8-5-2/h7,9-10,12,16,18-19,21,25,27,31-32,34-35,37-38,40-41,43-44,50,53,59,62,73H,4-6,8,11,13-15,17,20,22-24,26,28-30,33,36,39,42,45-49,51-52,54-58,60-61,63-72H2,1-3H3/b10-7-,12-9-,19-16-,21-18-,27-25-,32-31-,35-34-,38-37-,41-40-,44-43-,53-50-,62-59-. The number of ether oxygens (including phenoxy) is 3. The number of esters is 3. The topological polar surface area (TPSA) is 78.9 Å². The maximum absolute atomic E-state index is 12.9. The maximum Gasteiger partial charge on any atom is 0.306 e. The van der Waals surface area contributed by atoms with Gasteiger partial charge in [0, 0.05) is 19.3 Å². The lowest BCUT2D eigenvalue weighted by atomic mass is 10.0. The third-order valence-electron chi connectivity index (χ3n) is 14.1. The zero-order chi connectivity index (χ0) is 59.2. The van der Waals surface area contributed by atoms with Crippen LogP contribution < -0.4 is 0 Å². The number of unbranched alkanes of at least 4 members (excludes halogenated alkanes) is 25. The molecule has 1 unspecified atom stereocenters. The molecular formula is C76H124O6. The summed E-state index contributed by atoms with van der Waals surface area (Å²) in [5, 5.41) is 0. The smallest absolute Gasteiger partial charge is 0.306 e. The van der Waals surface area contributed by atoms with E-state index in [4.69, 9.17) is 14.2 Å². The van der Waals surface area contributed by atoms with Crippen LogP contribution in [0.3, 0.4) is 0 Å². The van der Waals surface area contributed by atoms with Crippen LogP contribution in [-0.4, -0.2) is 37.2 Å². The van der Waals surface area contributed by atoms with Crippen molar-refractivity contribution in [1.82, 2.24) is 0 Å². The molecule has 0 bridgehead atoms. The summed E-state index contributed by atoms with van der Waals surface area (Å²) in [6.07, 6.45) is 98.8. The van der Waals surface area contributed by atoms with E-state index < -0.39 is 6.10 Å². The number of carbonyl (C=O) groups is 3. The number of rotatable bonds is 60. The van der Waals surface area contributed by atoms with E-state index in [9.17, 15) is 14.4 Å². The first-order chi connectivity index (χ1) is 40.5. The van der Waals surface area contributed by atoms with E-state index >= 15 is 0 Å². The number of allylic oxidation sites excluding steroid dienone is 24. The van der Waals surface area contributed by atoms with Crippen LogP contribution in [0.5, 0.6) is 0 Å². The molecule has 6 nitrogen and oxygen atoms in total. The lowest BCUT2D eigenvalue weighted by molar-refractivity contribution is -0.166. The van der Waals surface area contributed by atoms with Gasteiger partial charge in [0.1, 0.15) is 13.2 Å². The fourth-order valence-corrected chi connectivity index (χ4v) is 9.12. The van der Waals surface area contributed by atoms with Gasteiger partial charge in [-0.15, -0.1) is 0 Å². The van der Waals surface area contributed by atoms with Gasteiger partial charge in [-0.25, -0.2) is 0 Å². The molecule has 0 N–H and O–H groups in total. The van der Waals surface area contributed by atoms with Gasteiger partial charge >= 0.3 is 17.9 Å². The van der Waals surface area contributed by atoms with Crippen molar-refractivity contribution in [2.75, 3.05) is 13.2 Å². The predicted octanol–water partition coefficient (Wildman–Crippen LogP) is 23.5. The first-order valence-electron chi connectivity index (χ1n) is 33.8. The Bertz CT molecular complexity index is 1780. The van der Waals surface area contributed by atoms with Crippen molar-refractivity contribution in [1.29, 1.82) is 0 Å². The van der Waals surface area contributed by atoms with Crippen LogP contribution in [0.1, 0.15) is 297 Å². The van der Waals surface area contributed by atoms with Gasteiger partial charge in [0.05, 0.1) is 0 Å². The van der Waals surface area contributed by atoms with Gasteiger partial charge in [-0.05, 0) is 109 Å².